The minimum Gasteiger partial charge on any atom is -0.361 e. The third kappa shape index (κ3) is 3.43. The van der Waals surface area contributed by atoms with Gasteiger partial charge in [-0.25, -0.2) is 12.8 Å². The van der Waals surface area contributed by atoms with Gasteiger partial charge in [0.15, 0.2) is 21.5 Å². The van der Waals surface area contributed by atoms with Crippen LogP contribution in [0.4, 0.5) is 20.3 Å². The van der Waals surface area contributed by atoms with Crippen molar-refractivity contribution in [3.63, 3.8) is 0 Å². The molecule has 2 aliphatic rings. The van der Waals surface area contributed by atoms with Gasteiger partial charge in [-0.2, -0.15) is 9.37 Å². The summed E-state index contributed by atoms with van der Waals surface area (Å²) in [6, 6.07) is 3.55. The van der Waals surface area contributed by atoms with Gasteiger partial charge in [0, 0.05) is 38.6 Å². The lowest BCUT2D eigenvalue weighted by molar-refractivity contribution is 0.426. The predicted molar refractivity (Wildman–Crippen MR) is 102 cm³/mol. The maximum absolute atomic E-state index is 15.3. The number of pyridine rings is 2. The molecule has 0 spiro atoms. The third-order valence-corrected chi connectivity index (χ3v) is 7.16. The van der Waals surface area contributed by atoms with E-state index in [0.29, 0.717) is 19.0 Å². The smallest absolute Gasteiger partial charge is 0.239 e. The van der Waals surface area contributed by atoms with Gasteiger partial charge in [-0.1, -0.05) is 13.0 Å². The molecule has 2 aliphatic heterocycles. The van der Waals surface area contributed by atoms with Gasteiger partial charge in [0.05, 0.1) is 5.75 Å². The summed E-state index contributed by atoms with van der Waals surface area (Å²) in [5, 5.41) is 0. The number of hydrogen-bond donors (Lipinski definition) is 0. The Kier molecular flexibility index (Phi) is 4.95. The number of rotatable bonds is 3. The van der Waals surface area contributed by atoms with E-state index in [9.17, 15) is 8.42 Å². The molecule has 0 amide bonds. The number of piperidine rings is 1. The molecule has 1 fully saturated rings. The lowest BCUT2D eigenvalue weighted by Gasteiger charge is -2.35. The number of anilines is 2. The van der Waals surface area contributed by atoms with Crippen LogP contribution >= 0.6 is 0 Å². The number of nitrogens with zero attached hydrogens (tertiary/aromatic N) is 4. The van der Waals surface area contributed by atoms with E-state index in [1.54, 1.807) is 29.4 Å². The van der Waals surface area contributed by atoms with Crippen LogP contribution in [-0.2, 0) is 16.4 Å². The quantitative estimate of drug-likeness (QED) is 0.728. The number of halogens is 2. The first-order valence-electron chi connectivity index (χ1n) is 9.37. The Labute approximate surface area is 163 Å². The topological polar surface area (TPSA) is 66.4 Å². The Bertz CT molecular complexity index is 977. The summed E-state index contributed by atoms with van der Waals surface area (Å²) in [5.41, 5.74) is 0.503. The zero-order chi connectivity index (χ0) is 19.9. The molecule has 2 aromatic rings. The molecule has 2 aromatic heterocycles. The highest BCUT2D eigenvalue weighted by Crippen LogP contribution is 2.39. The van der Waals surface area contributed by atoms with Crippen molar-refractivity contribution in [3.05, 3.63) is 41.9 Å². The van der Waals surface area contributed by atoms with E-state index in [4.69, 9.17) is 0 Å². The average Bonchev–Trinajstić information content (AvgIpc) is 2.67. The Balaban J connectivity index is 1.78. The van der Waals surface area contributed by atoms with Crippen molar-refractivity contribution in [3.8, 4) is 0 Å². The van der Waals surface area contributed by atoms with Crippen molar-refractivity contribution in [2.24, 2.45) is 5.92 Å². The summed E-state index contributed by atoms with van der Waals surface area (Å²) in [6.45, 7) is 3.47. The minimum atomic E-state index is -3.93. The van der Waals surface area contributed by atoms with E-state index in [2.05, 4.69) is 16.9 Å². The van der Waals surface area contributed by atoms with Gasteiger partial charge in [0.1, 0.15) is 10.6 Å². The maximum atomic E-state index is 15.3. The number of hydrogen-bond acceptors (Lipinski definition) is 6. The molecule has 4 rings (SSSR count). The van der Waals surface area contributed by atoms with Crippen molar-refractivity contribution >= 4 is 21.3 Å². The van der Waals surface area contributed by atoms with Crippen LogP contribution in [0.1, 0.15) is 25.3 Å². The SMILES string of the molecule is CC1CCN(c2nc(F)c3c(c2F)S(=O)(=O)CCN3Cc2cccnc2)CC1. The zero-order valence-electron chi connectivity index (χ0n) is 15.6. The highest BCUT2D eigenvalue weighted by Gasteiger charge is 2.38. The first-order chi connectivity index (χ1) is 13.4. The average molecular weight is 408 g/mol. The van der Waals surface area contributed by atoms with Crippen LogP contribution in [0.25, 0.3) is 0 Å². The molecule has 0 radical (unpaired) electrons. The second-order valence-electron chi connectivity index (χ2n) is 7.49. The first-order valence-corrected chi connectivity index (χ1v) is 11.0. The predicted octanol–water partition coefficient (Wildman–Crippen LogP) is 2.79. The summed E-state index contributed by atoms with van der Waals surface area (Å²) < 4.78 is 55.6. The fourth-order valence-electron chi connectivity index (χ4n) is 3.80. The Morgan fingerprint density at radius 3 is 2.64 bits per heavy atom. The van der Waals surface area contributed by atoms with Crippen LogP contribution < -0.4 is 9.80 Å². The van der Waals surface area contributed by atoms with Crippen molar-refractivity contribution in [1.29, 1.82) is 0 Å². The number of fused-ring (bicyclic) bond motifs is 1. The van der Waals surface area contributed by atoms with Crippen LogP contribution in [0, 0.1) is 17.7 Å². The monoisotopic (exact) mass is 408 g/mol. The van der Waals surface area contributed by atoms with Crippen LogP contribution in [0.2, 0.25) is 0 Å². The molecule has 6 nitrogen and oxygen atoms in total. The largest absolute Gasteiger partial charge is 0.361 e. The van der Waals surface area contributed by atoms with Gasteiger partial charge in [-0.3, -0.25) is 4.98 Å². The van der Waals surface area contributed by atoms with Gasteiger partial charge >= 0.3 is 0 Å². The molecule has 0 aliphatic carbocycles. The van der Waals surface area contributed by atoms with Crippen molar-refractivity contribution in [1.82, 2.24) is 9.97 Å². The van der Waals surface area contributed by atoms with Crippen LogP contribution in [0.15, 0.2) is 29.4 Å². The zero-order valence-corrected chi connectivity index (χ0v) is 16.4. The summed E-state index contributed by atoms with van der Waals surface area (Å²) in [7, 11) is -3.93. The molecule has 1 saturated heterocycles. The van der Waals surface area contributed by atoms with Crippen LogP contribution in [0.3, 0.4) is 0 Å². The number of aromatic nitrogens is 2. The summed E-state index contributed by atoms with van der Waals surface area (Å²) in [5.74, 6) is -1.86. The second kappa shape index (κ2) is 7.27. The normalized spacial score (nSPS) is 19.5. The lowest BCUT2D eigenvalue weighted by atomic mass is 9.99. The van der Waals surface area contributed by atoms with Gasteiger partial charge in [0.2, 0.25) is 5.95 Å². The van der Waals surface area contributed by atoms with Gasteiger partial charge in [-0.15, -0.1) is 0 Å². The molecule has 0 atom stereocenters. The van der Waals surface area contributed by atoms with E-state index in [-0.39, 0.29) is 30.3 Å². The second-order valence-corrected chi connectivity index (χ2v) is 9.54. The third-order valence-electron chi connectivity index (χ3n) is 5.45. The Morgan fingerprint density at radius 1 is 1.21 bits per heavy atom. The molecule has 9 heteroatoms. The number of sulfone groups is 1. The lowest BCUT2D eigenvalue weighted by Crippen LogP contribution is -2.39. The van der Waals surface area contributed by atoms with E-state index < -0.39 is 26.5 Å². The molecule has 28 heavy (non-hydrogen) atoms. The van der Waals surface area contributed by atoms with Gasteiger partial charge < -0.3 is 9.80 Å². The molecular formula is C19H22F2N4O2S. The van der Waals surface area contributed by atoms with E-state index >= 15 is 8.78 Å². The van der Waals surface area contributed by atoms with Gasteiger partial charge in [-0.05, 0) is 30.4 Å². The van der Waals surface area contributed by atoms with Crippen molar-refractivity contribution in [2.75, 3.05) is 35.2 Å². The fourth-order valence-corrected chi connectivity index (χ4v) is 5.33. The molecule has 150 valence electrons. The van der Waals surface area contributed by atoms with Crippen LogP contribution in [-0.4, -0.2) is 43.8 Å². The maximum Gasteiger partial charge on any atom is 0.239 e. The molecular weight excluding hydrogens is 386 g/mol. The highest BCUT2D eigenvalue weighted by molar-refractivity contribution is 7.91. The molecule has 0 saturated carbocycles. The minimum absolute atomic E-state index is 0.0723. The molecule has 0 unspecified atom stereocenters. The molecule has 0 aromatic carbocycles. The summed E-state index contributed by atoms with van der Waals surface area (Å²) in [6.07, 6.45) is 4.90. The summed E-state index contributed by atoms with van der Waals surface area (Å²) >= 11 is 0. The van der Waals surface area contributed by atoms with E-state index in [1.807, 2.05) is 0 Å². The fraction of sp³-hybridized carbons (Fsp3) is 0.474. The Hall–Kier alpha value is -2.29. The van der Waals surface area contributed by atoms with Gasteiger partial charge in [0.25, 0.3) is 0 Å². The van der Waals surface area contributed by atoms with Crippen molar-refractivity contribution < 1.29 is 17.2 Å². The van der Waals surface area contributed by atoms with E-state index in [0.717, 1.165) is 18.4 Å². The van der Waals surface area contributed by atoms with Crippen LogP contribution in [0.5, 0.6) is 0 Å². The molecule has 4 heterocycles. The van der Waals surface area contributed by atoms with Crippen molar-refractivity contribution in [2.45, 2.75) is 31.2 Å². The highest BCUT2D eigenvalue weighted by atomic mass is 32.2. The Morgan fingerprint density at radius 2 is 1.96 bits per heavy atom. The molecule has 0 N–H and O–H groups in total. The summed E-state index contributed by atoms with van der Waals surface area (Å²) in [4.78, 5) is 10.5. The standard InChI is InChI=1S/C19H22F2N4O2S/c1-13-4-7-24(8-5-13)19-15(20)17-16(18(21)23-19)25(9-10-28(17,26)27)12-14-3-2-6-22-11-14/h2-3,6,11,13H,4-5,7-10,12H2,1H3. The first kappa shape index (κ1) is 19.0. The molecule has 0 bridgehead atoms. The van der Waals surface area contributed by atoms with E-state index in [1.165, 1.54) is 4.90 Å².